The maximum atomic E-state index is 2.66. The van der Waals surface area contributed by atoms with Gasteiger partial charge in [0.2, 0.25) is 0 Å². The molecule has 0 N–H and O–H groups in total. The normalized spacial score (nSPS) is 24.6. The largest absolute Gasteiger partial charge is 0.369 e. The molecule has 19 heavy (non-hydrogen) atoms. The van der Waals surface area contributed by atoms with Gasteiger partial charge in [-0.2, -0.15) is 0 Å². The summed E-state index contributed by atoms with van der Waals surface area (Å²) in [7, 11) is 0. The lowest BCUT2D eigenvalue weighted by atomic mass is 9.94. The molecule has 1 atom stereocenters. The van der Waals surface area contributed by atoms with Gasteiger partial charge in [0.05, 0.1) is 0 Å². The van der Waals surface area contributed by atoms with Gasteiger partial charge >= 0.3 is 0 Å². The first kappa shape index (κ1) is 12.7. The lowest BCUT2D eigenvalue weighted by Crippen LogP contribution is -2.47. The minimum Gasteiger partial charge on any atom is -0.369 e. The summed E-state index contributed by atoms with van der Waals surface area (Å²) in [5.41, 5.74) is 1.38. The molecule has 2 heteroatoms. The minimum absolute atomic E-state index is 0.897. The van der Waals surface area contributed by atoms with Gasteiger partial charge in [0.1, 0.15) is 0 Å². The molecule has 1 saturated heterocycles. The predicted octanol–water partition coefficient (Wildman–Crippen LogP) is 3.16. The number of rotatable bonds is 3. The van der Waals surface area contributed by atoms with Crippen molar-refractivity contribution in [2.45, 2.75) is 19.3 Å². The summed E-state index contributed by atoms with van der Waals surface area (Å²) in [6.45, 7) is 6.08. The van der Waals surface area contributed by atoms with Crippen molar-refractivity contribution >= 4 is 5.69 Å². The molecule has 1 aromatic rings. The molecular weight excluding hydrogens is 232 g/mol. The van der Waals surface area contributed by atoms with Crippen molar-refractivity contribution in [3.05, 3.63) is 42.5 Å². The first-order chi connectivity index (χ1) is 9.42. The zero-order valence-corrected chi connectivity index (χ0v) is 11.7. The molecule has 0 amide bonds. The maximum Gasteiger partial charge on any atom is 0.0367 e. The van der Waals surface area contributed by atoms with Crippen molar-refractivity contribution in [3.63, 3.8) is 0 Å². The van der Waals surface area contributed by atoms with E-state index in [1.54, 1.807) is 0 Å². The third kappa shape index (κ3) is 3.38. The average Bonchev–Trinajstić information content (AvgIpc) is 2.50. The Bertz CT molecular complexity index is 405. The Hall–Kier alpha value is -1.28. The number of piperazine rings is 1. The van der Waals surface area contributed by atoms with E-state index in [0.717, 1.165) is 5.92 Å². The zero-order chi connectivity index (χ0) is 12.9. The summed E-state index contributed by atoms with van der Waals surface area (Å²) in [4.78, 5) is 5.17. The number of hydrogen-bond acceptors (Lipinski definition) is 2. The molecule has 0 unspecified atom stereocenters. The fourth-order valence-corrected chi connectivity index (χ4v) is 3.21. The van der Waals surface area contributed by atoms with E-state index in [9.17, 15) is 0 Å². The smallest absolute Gasteiger partial charge is 0.0367 e. The van der Waals surface area contributed by atoms with Crippen LogP contribution in [-0.2, 0) is 0 Å². The van der Waals surface area contributed by atoms with E-state index in [1.807, 2.05) is 0 Å². The number of para-hydroxylation sites is 1. The van der Waals surface area contributed by atoms with Crippen LogP contribution in [0.25, 0.3) is 0 Å². The highest BCUT2D eigenvalue weighted by Gasteiger charge is 2.20. The Kier molecular flexibility index (Phi) is 4.19. The number of hydrogen-bond donors (Lipinski definition) is 0. The second-order valence-electron chi connectivity index (χ2n) is 5.77. The molecule has 2 aliphatic rings. The monoisotopic (exact) mass is 256 g/mol. The highest BCUT2D eigenvalue weighted by Crippen LogP contribution is 2.21. The Morgan fingerprint density at radius 3 is 2.42 bits per heavy atom. The van der Waals surface area contributed by atoms with Crippen LogP contribution in [0, 0.1) is 5.92 Å². The standard InChI is InChI=1S/C17H24N2/c1-3-7-16(8-4-1)15-18-11-13-19(14-12-18)17-9-5-2-6-10-17/h1-3,5-6,9-10,16H,4,7-8,11-15H2/t16-/m0/s1. The Labute approximate surface area is 116 Å². The summed E-state index contributed by atoms with van der Waals surface area (Å²) in [6, 6.07) is 10.8. The van der Waals surface area contributed by atoms with Gasteiger partial charge in [-0.3, -0.25) is 4.90 Å². The highest BCUT2D eigenvalue weighted by molar-refractivity contribution is 5.46. The lowest BCUT2D eigenvalue weighted by molar-refractivity contribution is 0.211. The molecule has 3 rings (SSSR count). The quantitative estimate of drug-likeness (QED) is 0.767. The predicted molar refractivity (Wildman–Crippen MR) is 81.6 cm³/mol. The van der Waals surface area contributed by atoms with Crippen LogP contribution < -0.4 is 4.90 Å². The first-order valence-corrected chi connectivity index (χ1v) is 7.59. The molecule has 0 bridgehead atoms. The van der Waals surface area contributed by atoms with Gasteiger partial charge in [0.25, 0.3) is 0 Å². The van der Waals surface area contributed by atoms with Crippen LogP contribution in [0.3, 0.4) is 0 Å². The van der Waals surface area contributed by atoms with Crippen LogP contribution in [0.4, 0.5) is 5.69 Å². The fourth-order valence-electron chi connectivity index (χ4n) is 3.21. The third-order valence-electron chi connectivity index (χ3n) is 4.39. The van der Waals surface area contributed by atoms with Crippen LogP contribution in [-0.4, -0.2) is 37.6 Å². The topological polar surface area (TPSA) is 6.48 Å². The molecule has 1 aliphatic heterocycles. The van der Waals surface area contributed by atoms with Crippen molar-refractivity contribution in [1.29, 1.82) is 0 Å². The van der Waals surface area contributed by atoms with E-state index in [1.165, 1.54) is 57.7 Å². The van der Waals surface area contributed by atoms with Crippen molar-refractivity contribution in [1.82, 2.24) is 4.90 Å². The van der Waals surface area contributed by atoms with Gasteiger partial charge in [-0.15, -0.1) is 0 Å². The molecule has 1 heterocycles. The highest BCUT2D eigenvalue weighted by atomic mass is 15.3. The Morgan fingerprint density at radius 1 is 0.947 bits per heavy atom. The lowest BCUT2D eigenvalue weighted by Gasteiger charge is -2.37. The fraction of sp³-hybridized carbons (Fsp3) is 0.529. The molecule has 0 radical (unpaired) electrons. The van der Waals surface area contributed by atoms with Gasteiger partial charge in [-0.25, -0.2) is 0 Å². The van der Waals surface area contributed by atoms with Crippen LogP contribution in [0.15, 0.2) is 42.5 Å². The van der Waals surface area contributed by atoms with Crippen molar-refractivity contribution in [3.8, 4) is 0 Å². The Balaban J connectivity index is 1.48. The maximum absolute atomic E-state index is 2.66. The molecule has 0 saturated carbocycles. The molecule has 1 fully saturated rings. The summed E-state index contributed by atoms with van der Waals surface area (Å²) < 4.78 is 0. The molecule has 1 aliphatic carbocycles. The minimum atomic E-state index is 0.897. The van der Waals surface area contributed by atoms with Gasteiger partial charge < -0.3 is 4.90 Å². The summed E-state index contributed by atoms with van der Waals surface area (Å²) in [6.07, 6.45) is 8.67. The van der Waals surface area contributed by atoms with Gasteiger partial charge in [0, 0.05) is 38.4 Å². The number of benzene rings is 1. The SMILES string of the molecule is C1=CC[C@H](CN2CCN(c3ccccc3)CC2)CC1. The van der Waals surface area contributed by atoms with E-state index in [-0.39, 0.29) is 0 Å². The van der Waals surface area contributed by atoms with Crippen LogP contribution in [0.1, 0.15) is 19.3 Å². The van der Waals surface area contributed by atoms with Crippen molar-refractivity contribution in [2.24, 2.45) is 5.92 Å². The first-order valence-electron chi connectivity index (χ1n) is 7.59. The molecule has 0 aromatic heterocycles. The van der Waals surface area contributed by atoms with Gasteiger partial charge in [-0.1, -0.05) is 30.4 Å². The molecular formula is C17H24N2. The summed E-state index contributed by atoms with van der Waals surface area (Å²) in [5.74, 6) is 0.897. The van der Waals surface area contributed by atoms with Crippen LogP contribution in [0.2, 0.25) is 0 Å². The third-order valence-corrected chi connectivity index (χ3v) is 4.39. The molecule has 2 nitrogen and oxygen atoms in total. The second kappa shape index (κ2) is 6.25. The Morgan fingerprint density at radius 2 is 1.74 bits per heavy atom. The number of nitrogens with zero attached hydrogens (tertiary/aromatic N) is 2. The van der Waals surface area contributed by atoms with Crippen molar-refractivity contribution < 1.29 is 0 Å². The van der Waals surface area contributed by atoms with E-state index in [4.69, 9.17) is 0 Å². The summed E-state index contributed by atoms with van der Waals surface area (Å²) >= 11 is 0. The second-order valence-corrected chi connectivity index (χ2v) is 5.77. The summed E-state index contributed by atoms with van der Waals surface area (Å²) in [5, 5.41) is 0. The zero-order valence-electron chi connectivity index (χ0n) is 11.7. The molecule has 102 valence electrons. The van der Waals surface area contributed by atoms with E-state index in [2.05, 4.69) is 52.3 Å². The van der Waals surface area contributed by atoms with Gasteiger partial charge in [-0.05, 0) is 37.3 Å². The van der Waals surface area contributed by atoms with E-state index < -0.39 is 0 Å². The van der Waals surface area contributed by atoms with E-state index >= 15 is 0 Å². The average molecular weight is 256 g/mol. The molecule has 0 spiro atoms. The molecule has 1 aromatic carbocycles. The number of allylic oxidation sites excluding steroid dienone is 2. The van der Waals surface area contributed by atoms with Crippen LogP contribution in [0.5, 0.6) is 0 Å². The van der Waals surface area contributed by atoms with Crippen LogP contribution >= 0.6 is 0 Å². The van der Waals surface area contributed by atoms with Crippen molar-refractivity contribution in [2.75, 3.05) is 37.6 Å². The van der Waals surface area contributed by atoms with E-state index in [0.29, 0.717) is 0 Å². The number of anilines is 1. The van der Waals surface area contributed by atoms with Gasteiger partial charge in [0.15, 0.2) is 0 Å².